The fourth-order valence-electron chi connectivity index (χ4n) is 3.78. The normalized spacial score (nSPS) is 15.6. The molecule has 0 saturated carbocycles. The van der Waals surface area contributed by atoms with E-state index < -0.39 is 4.92 Å². The molecule has 8 heteroatoms. The maximum absolute atomic E-state index is 11.1. The lowest BCUT2D eigenvalue weighted by Gasteiger charge is -2.21. The summed E-state index contributed by atoms with van der Waals surface area (Å²) in [6, 6.07) is 23.6. The molecular weight excluding hydrogens is 424 g/mol. The van der Waals surface area contributed by atoms with Crippen LogP contribution in [0.3, 0.4) is 0 Å². The number of hydrazone groups is 1. The van der Waals surface area contributed by atoms with Crippen molar-refractivity contribution < 1.29 is 10.0 Å². The Labute approximate surface area is 188 Å². The lowest BCUT2D eigenvalue weighted by molar-refractivity contribution is -0.384. The second-order valence-electron chi connectivity index (χ2n) is 7.36. The van der Waals surface area contributed by atoms with Crippen LogP contribution in [0.1, 0.15) is 23.6 Å². The van der Waals surface area contributed by atoms with Crippen LogP contribution in [0.15, 0.2) is 89.3 Å². The van der Waals surface area contributed by atoms with Gasteiger partial charge in [0.2, 0.25) is 5.13 Å². The van der Waals surface area contributed by atoms with Gasteiger partial charge in [0, 0.05) is 35.1 Å². The van der Waals surface area contributed by atoms with Crippen molar-refractivity contribution in [1.82, 2.24) is 4.98 Å². The van der Waals surface area contributed by atoms with Gasteiger partial charge in [-0.2, -0.15) is 5.10 Å². The van der Waals surface area contributed by atoms with Crippen molar-refractivity contribution >= 4 is 27.9 Å². The van der Waals surface area contributed by atoms with Crippen LogP contribution in [0.5, 0.6) is 5.75 Å². The molecule has 0 radical (unpaired) electrons. The predicted molar refractivity (Wildman–Crippen MR) is 125 cm³/mol. The Morgan fingerprint density at radius 2 is 1.81 bits per heavy atom. The van der Waals surface area contributed by atoms with Gasteiger partial charge >= 0.3 is 0 Å². The topological polar surface area (TPSA) is 91.9 Å². The van der Waals surface area contributed by atoms with Crippen LogP contribution >= 0.6 is 11.3 Å². The number of phenolic OH excluding ortho intramolecular Hbond substituents is 1. The maximum Gasteiger partial charge on any atom is 0.270 e. The number of aromatic hydroxyl groups is 1. The third-order valence-electron chi connectivity index (χ3n) is 5.35. The smallest absolute Gasteiger partial charge is 0.270 e. The van der Waals surface area contributed by atoms with Crippen molar-refractivity contribution in [3.63, 3.8) is 0 Å². The number of phenols is 1. The quantitative estimate of drug-likeness (QED) is 0.312. The molecule has 0 bridgehead atoms. The average Bonchev–Trinajstić information content (AvgIpc) is 3.48. The molecule has 0 spiro atoms. The molecule has 7 nitrogen and oxygen atoms in total. The van der Waals surface area contributed by atoms with Gasteiger partial charge in [-0.05, 0) is 17.7 Å². The molecular formula is C24H18N4O3S. The monoisotopic (exact) mass is 442 g/mol. The van der Waals surface area contributed by atoms with E-state index in [4.69, 9.17) is 10.1 Å². The van der Waals surface area contributed by atoms with E-state index in [-0.39, 0.29) is 17.5 Å². The molecule has 1 atom stereocenters. The number of anilines is 1. The molecule has 32 heavy (non-hydrogen) atoms. The first kappa shape index (κ1) is 19.9. The number of nitrogens with zero attached hydrogens (tertiary/aromatic N) is 4. The van der Waals surface area contributed by atoms with Crippen molar-refractivity contribution in [3.05, 3.63) is 105 Å². The van der Waals surface area contributed by atoms with Crippen molar-refractivity contribution in [1.29, 1.82) is 0 Å². The number of benzene rings is 3. The van der Waals surface area contributed by atoms with Crippen LogP contribution in [-0.2, 0) is 0 Å². The molecule has 5 rings (SSSR count). The minimum atomic E-state index is -0.411. The highest BCUT2D eigenvalue weighted by atomic mass is 32.1. The molecule has 0 fully saturated rings. The minimum absolute atomic E-state index is 0.0280. The Bertz CT molecular complexity index is 1320. The molecule has 1 N–H and O–H groups in total. The predicted octanol–water partition coefficient (Wildman–Crippen LogP) is 5.78. The number of hydrogen-bond donors (Lipinski definition) is 1. The Kier molecular flexibility index (Phi) is 5.12. The van der Waals surface area contributed by atoms with Crippen LogP contribution < -0.4 is 5.01 Å². The Balaban J connectivity index is 1.54. The van der Waals surface area contributed by atoms with E-state index in [2.05, 4.69) is 12.1 Å². The van der Waals surface area contributed by atoms with Crippen LogP contribution in [0.2, 0.25) is 0 Å². The molecule has 4 aromatic rings. The van der Waals surface area contributed by atoms with E-state index >= 15 is 0 Å². The highest BCUT2D eigenvalue weighted by Crippen LogP contribution is 2.40. The second kappa shape index (κ2) is 8.24. The number of hydrogen-bond acceptors (Lipinski definition) is 7. The van der Waals surface area contributed by atoms with Crippen LogP contribution in [-0.4, -0.2) is 20.7 Å². The van der Waals surface area contributed by atoms with E-state index in [0.717, 1.165) is 11.3 Å². The minimum Gasteiger partial charge on any atom is -0.507 e. The van der Waals surface area contributed by atoms with Crippen LogP contribution in [0, 0.1) is 10.1 Å². The summed E-state index contributed by atoms with van der Waals surface area (Å²) in [4.78, 5) is 15.5. The molecule has 3 aromatic carbocycles. The molecule has 158 valence electrons. The van der Waals surface area contributed by atoms with Gasteiger partial charge in [0.05, 0.1) is 22.4 Å². The molecule has 0 saturated heterocycles. The zero-order valence-corrected chi connectivity index (χ0v) is 17.6. The summed E-state index contributed by atoms with van der Waals surface area (Å²) >= 11 is 1.43. The van der Waals surface area contributed by atoms with Crippen molar-refractivity contribution in [2.24, 2.45) is 5.10 Å². The number of thiazole rings is 1. The summed E-state index contributed by atoms with van der Waals surface area (Å²) in [6.07, 6.45) is 0.618. The molecule has 1 aromatic heterocycles. The zero-order valence-electron chi connectivity index (χ0n) is 16.8. The first-order valence-electron chi connectivity index (χ1n) is 10.0. The van der Waals surface area contributed by atoms with Gasteiger partial charge in [0.1, 0.15) is 5.75 Å². The summed E-state index contributed by atoms with van der Waals surface area (Å²) in [6.45, 7) is 0. The highest BCUT2D eigenvalue weighted by Gasteiger charge is 2.32. The van der Waals surface area contributed by atoms with E-state index in [1.165, 1.54) is 23.5 Å². The van der Waals surface area contributed by atoms with Gasteiger partial charge < -0.3 is 5.11 Å². The molecule has 1 aliphatic rings. The molecule has 0 aliphatic carbocycles. The number of nitro groups is 1. The van der Waals surface area contributed by atoms with Gasteiger partial charge in [-0.15, -0.1) is 11.3 Å². The Morgan fingerprint density at radius 3 is 2.59 bits per heavy atom. The third kappa shape index (κ3) is 3.72. The number of rotatable bonds is 5. The summed E-state index contributed by atoms with van der Waals surface area (Å²) in [5, 5.41) is 30.8. The van der Waals surface area contributed by atoms with E-state index in [1.54, 1.807) is 24.3 Å². The lowest BCUT2D eigenvalue weighted by Crippen LogP contribution is -2.18. The molecule has 0 amide bonds. The number of aromatic nitrogens is 1. The summed E-state index contributed by atoms with van der Waals surface area (Å²) in [5.41, 5.74) is 3.94. The largest absolute Gasteiger partial charge is 0.507 e. The van der Waals surface area contributed by atoms with Gasteiger partial charge in [0.25, 0.3) is 5.69 Å². The second-order valence-corrected chi connectivity index (χ2v) is 8.20. The number of non-ortho nitro benzene ring substituents is 1. The van der Waals surface area contributed by atoms with Gasteiger partial charge in [-0.25, -0.2) is 9.99 Å². The number of para-hydroxylation sites is 1. The SMILES string of the molecule is O=[N+]([O-])c1cccc(-c2csc(N3N=C(c4ccccc4O)C[C@H]3c3ccccc3)n2)c1. The van der Waals surface area contributed by atoms with E-state index in [1.807, 2.05) is 40.7 Å². The fourth-order valence-corrected chi connectivity index (χ4v) is 4.62. The molecule has 1 aliphatic heterocycles. The fraction of sp³-hybridized carbons (Fsp3) is 0.0833. The Morgan fingerprint density at radius 1 is 1.03 bits per heavy atom. The molecule has 2 heterocycles. The zero-order chi connectivity index (χ0) is 22.1. The van der Waals surface area contributed by atoms with E-state index in [0.29, 0.717) is 28.4 Å². The van der Waals surface area contributed by atoms with Crippen molar-refractivity contribution in [2.45, 2.75) is 12.5 Å². The van der Waals surface area contributed by atoms with Crippen molar-refractivity contribution in [2.75, 3.05) is 5.01 Å². The van der Waals surface area contributed by atoms with Crippen molar-refractivity contribution in [3.8, 4) is 17.0 Å². The van der Waals surface area contributed by atoms with Gasteiger partial charge in [-0.1, -0.05) is 54.6 Å². The van der Waals surface area contributed by atoms with Crippen LogP contribution in [0.25, 0.3) is 11.3 Å². The average molecular weight is 443 g/mol. The summed E-state index contributed by atoms with van der Waals surface area (Å²) in [7, 11) is 0. The first-order chi connectivity index (χ1) is 15.6. The summed E-state index contributed by atoms with van der Waals surface area (Å²) < 4.78 is 0. The summed E-state index contributed by atoms with van der Waals surface area (Å²) in [5.74, 6) is 0.191. The maximum atomic E-state index is 11.1. The van der Waals surface area contributed by atoms with Crippen LogP contribution in [0.4, 0.5) is 10.8 Å². The lowest BCUT2D eigenvalue weighted by atomic mass is 9.98. The third-order valence-corrected chi connectivity index (χ3v) is 6.18. The highest BCUT2D eigenvalue weighted by molar-refractivity contribution is 7.14. The van der Waals surface area contributed by atoms with Gasteiger partial charge in [0.15, 0.2) is 0 Å². The van der Waals surface area contributed by atoms with E-state index in [9.17, 15) is 15.2 Å². The molecule has 0 unspecified atom stereocenters. The first-order valence-corrected chi connectivity index (χ1v) is 10.9. The Hall–Kier alpha value is -4.04. The number of nitro benzene ring substituents is 1. The standard InChI is InChI=1S/C24H18N4O3S/c29-23-12-5-4-11-19(23)20-14-22(16-7-2-1-3-8-16)27(26-20)24-25-21(15-32-24)17-9-6-10-18(13-17)28(30)31/h1-13,15,22,29H,14H2/t22-/m0/s1. The van der Waals surface area contributed by atoms with Gasteiger partial charge in [-0.3, -0.25) is 10.1 Å².